The lowest BCUT2D eigenvalue weighted by Gasteiger charge is -2.30. The second-order valence-electron chi connectivity index (χ2n) is 9.07. The fraction of sp³-hybridized carbons (Fsp3) is 0.296. The van der Waals surface area contributed by atoms with Crippen molar-refractivity contribution in [2.24, 2.45) is 0 Å². The van der Waals surface area contributed by atoms with Crippen LogP contribution in [-0.2, 0) is 16.1 Å². The van der Waals surface area contributed by atoms with Gasteiger partial charge in [0.05, 0.1) is 0 Å². The van der Waals surface area contributed by atoms with Crippen molar-refractivity contribution < 1.29 is 46.1 Å². The van der Waals surface area contributed by atoms with Crippen molar-refractivity contribution in [1.29, 1.82) is 0 Å². The molecule has 0 saturated carbocycles. The number of nitrogens with zero attached hydrogens (tertiary/aromatic N) is 5. The summed E-state index contributed by atoms with van der Waals surface area (Å²) in [7, 11) is 0. The maximum absolute atomic E-state index is 10.6. The molecule has 5 rings (SSSR count). The lowest BCUT2D eigenvalue weighted by atomic mass is 9.96. The van der Waals surface area contributed by atoms with Crippen LogP contribution in [0, 0.1) is 0 Å². The quantitative estimate of drug-likeness (QED) is 0.299. The van der Waals surface area contributed by atoms with Gasteiger partial charge in [-0.1, -0.05) is 30.3 Å². The van der Waals surface area contributed by atoms with Gasteiger partial charge in [-0.05, 0) is 61.3 Å². The van der Waals surface area contributed by atoms with E-state index in [0.29, 0.717) is 5.92 Å². The van der Waals surface area contributed by atoms with E-state index in [2.05, 4.69) is 64.6 Å². The van der Waals surface area contributed by atoms with Gasteiger partial charge in [0.2, 0.25) is 0 Å². The van der Waals surface area contributed by atoms with Crippen molar-refractivity contribution in [3.05, 3.63) is 84.6 Å². The molecule has 1 aliphatic heterocycles. The van der Waals surface area contributed by atoms with Crippen LogP contribution in [0.5, 0.6) is 0 Å². The van der Waals surface area contributed by atoms with Gasteiger partial charge < -0.3 is 10.2 Å². The number of halogens is 6. The van der Waals surface area contributed by atoms with Gasteiger partial charge in [-0.3, -0.25) is 9.88 Å². The molecular formula is C27H25F6N5O4. The Morgan fingerprint density at radius 1 is 0.810 bits per heavy atom. The molecule has 0 atom stereocenters. The van der Waals surface area contributed by atoms with E-state index in [-0.39, 0.29) is 0 Å². The van der Waals surface area contributed by atoms with Crippen molar-refractivity contribution in [3.8, 4) is 11.1 Å². The maximum atomic E-state index is 10.6. The number of rotatable bonds is 4. The number of benzene rings is 1. The summed E-state index contributed by atoms with van der Waals surface area (Å²) in [6, 6.07) is 18.8. The van der Waals surface area contributed by atoms with Crippen molar-refractivity contribution in [1.82, 2.24) is 24.5 Å². The van der Waals surface area contributed by atoms with Crippen molar-refractivity contribution in [2.75, 3.05) is 13.1 Å². The zero-order chi connectivity index (χ0) is 30.9. The van der Waals surface area contributed by atoms with Crippen LogP contribution < -0.4 is 0 Å². The van der Waals surface area contributed by atoms with Gasteiger partial charge in [0, 0.05) is 36.6 Å². The Bertz CT molecular complexity index is 1430. The Labute approximate surface area is 235 Å². The summed E-state index contributed by atoms with van der Waals surface area (Å²) in [5, 5.41) is 19.1. The zero-order valence-electron chi connectivity index (χ0n) is 21.8. The first kappa shape index (κ1) is 32.0. The van der Waals surface area contributed by atoms with Gasteiger partial charge in [0.15, 0.2) is 11.5 Å². The molecule has 1 fully saturated rings. The van der Waals surface area contributed by atoms with Gasteiger partial charge in [0.25, 0.3) is 0 Å². The number of alkyl halides is 6. The Balaban J connectivity index is 0.000000289. The van der Waals surface area contributed by atoms with Crippen LogP contribution in [0.1, 0.15) is 30.1 Å². The summed E-state index contributed by atoms with van der Waals surface area (Å²) in [6.07, 6.45) is -2.14. The molecule has 1 aromatic carbocycles. The van der Waals surface area contributed by atoms with Crippen LogP contribution in [-0.4, -0.2) is 72.1 Å². The molecular weight excluding hydrogens is 572 g/mol. The lowest BCUT2D eigenvalue weighted by molar-refractivity contribution is -0.193. The summed E-state index contributed by atoms with van der Waals surface area (Å²) in [5.74, 6) is -4.09. The van der Waals surface area contributed by atoms with E-state index in [1.54, 1.807) is 0 Å². The van der Waals surface area contributed by atoms with Gasteiger partial charge in [-0.15, -0.1) is 0 Å². The SMILES string of the molecule is O=C(O)C(F)(F)F.O=C(O)C(F)(F)F.c1ccc(-c2ccc3nc(C4CCN(Cc5ccncc5)CC4)nn3c2)cc1. The second-order valence-corrected chi connectivity index (χ2v) is 9.07. The molecule has 0 radical (unpaired) electrons. The molecule has 0 unspecified atom stereocenters. The van der Waals surface area contributed by atoms with Crippen LogP contribution in [0.15, 0.2) is 73.2 Å². The number of hydrogen-bond donors (Lipinski definition) is 2. The van der Waals surface area contributed by atoms with E-state index in [1.165, 1.54) is 11.1 Å². The molecule has 0 bridgehead atoms. The first-order chi connectivity index (χ1) is 19.7. The third kappa shape index (κ3) is 9.54. The first-order valence-electron chi connectivity index (χ1n) is 12.4. The average Bonchev–Trinajstić information content (AvgIpc) is 3.38. The minimum Gasteiger partial charge on any atom is -0.475 e. The Morgan fingerprint density at radius 3 is 1.88 bits per heavy atom. The smallest absolute Gasteiger partial charge is 0.475 e. The largest absolute Gasteiger partial charge is 0.490 e. The van der Waals surface area contributed by atoms with Crippen molar-refractivity contribution >= 4 is 17.6 Å². The van der Waals surface area contributed by atoms with Gasteiger partial charge >= 0.3 is 24.3 Å². The van der Waals surface area contributed by atoms with Crippen molar-refractivity contribution in [3.63, 3.8) is 0 Å². The maximum Gasteiger partial charge on any atom is 0.490 e. The molecule has 4 heterocycles. The number of pyridine rings is 2. The van der Waals surface area contributed by atoms with Crippen LogP contribution >= 0.6 is 0 Å². The second kappa shape index (κ2) is 13.9. The minimum atomic E-state index is -5.08. The molecule has 42 heavy (non-hydrogen) atoms. The molecule has 224 valence electrons. The fourth-order valence-electron chi connectivity index (χ4n) is 3.97. The Morgan fingerprint density at radius 2 is 1.36 bits per heavy atom. The van der Waals surface area contributed by atoms with E-state index in [4.69, 9.17) is 29.9 Å². The molecule has 0 aliphatic carbocycles. The number of likely N-dealkylation sites (tertiary alicyclic amines) is 1. The summed E-state index contributed by atoms with van der Waals surface area (Å²) in [4.78, 5) is 29.2. The molecule has 9 nitrogen and oxygen atoms in total. The minimum absolute atomic E-state index is 0.439. The summed E-state index contributed by atoms with van der Waals surface area (Å²) in [6.45, 7) is 3.16. The lowest BCUT2D eigenvalue weighted by Crippen LogP contribution is -2.32. The van der Waals surface area contributed by atoms with Gasteiger partial charge in [-0.25, -0.2) is 19.1 Å². The predicted octanol–water partition coefficient (Wildman–Crippen LogP) is 5.44. The highest BCUT2D eigenvalue weighted by Gasteiger charge is 2.38. The number of aromatic nitrogens is 4. The van der Waals surface area contributed by atoms with Gasteiger partial charge in [-0.2, -0.15) is 31.4 Å². The highest BCUT2D eigenvalue weighted by atomic mass is 19.4. The Hall–Kier alpha value is -4.53. The Kier molecular flexibility index (Phi) is 10.6. The molecule has 3 aromatic heterocycles. The zero-order valence-corrected chi connectivity index (χ0v) is 21.8. The van der Waals surface area contributed by atoms with Gasteiger partial charge in [0.1, 0.15) is 0 Å². The number of aliphatic carboxylic acids is 2. The average molecular weight is 598 g/mol. The molecule has 2 N–H and O–H groups in total. The van der Waals surface area contributed by atoms with Crippen molar-refractivity contribution in [2.45, 2.75) is 37.7 Å². The van der Waals surface area contributed by atoms with E-state index < -0.39 is 24.3 Å². The van der Waals surface area contributed by atoms with Crippen LogP contribution in [0.3, 0.4) is 0 Å². The summed E-state index contributed by atoms with van der Waals surface area (Å²) >= 11 is 0. The molecule has 0 spiro atoms. The van der Waals surface area contributed by atoms with Crippen LogP contribution in [0.2, 0.25) is 0 Å². The summed E-state index contributed by atoms with van der Waals surface area (Å²) in [5.41, 5.74) is 4.62. The highest BCUT2D eigenvalue weighted by molar-refractivity contribution is 5.73. The topological polar surface area (TPSA) is 121 Å². The molecule has 15 heteroatoms. The monoisotopic (exact) mass is 597 g/mol. The number of hydrogen-bond acceptors (Lipinski definition) is 6. The number of piperidine rings is 1. The van der Waals surface area contributed by atoms with Crippen LogP contribution in [0.25, 0.3) is 16.8 Å². The molecule has 4 aromatic rings. The molecule has 0 amide bonds. The molecule has 1 saturated heterocycles. The number of carboxylic acids is 2. The van der Waals surface area contributed by atoms with Crippen LogP contribution in [0.4, 0.5) is 26.3 Å². The molecule has 1 aliphatic rings. The highest BCUT2D eigenvalue weighted by Crippen LogP contribution is 2.27. The summed E-state index contributed by atoms with van der Waals surface area (Å²) < 4.78 is 65.4. The number of carbonyl (C=O) groups is 2. The number of fused-ring (bicyclic) bond motifs is 1. The number of carboxylic acid groups (broad SMARTS) is 2. The first-order valence-corrected chi connectivity index (χ1v) is 12.4. The van der Waals surface area contributed by atoms with E-state index in [9.17, 15) is 26.3 Å². The normalized spacial score (nSPS) is 14.3. The standard InChI is InChI=1S/C23H23N5.2C2HF3O2/c1-2-4-19(5-3-1)21-6-7-22-25-23(26-28(22)17-21)20-10-14-27(15-11-20)16-18-8-12-24-13-9-18;2*3-2(4,5)1(6)7/h1-9,12-13,17,20H,10-11,14-16H2;2*(H,6,7). The van der Waals surface area contributed by atoms with E-state index in [0.717, 1.165) is 49.5 Å². The van der Waals surface area contributed by atoms with E-state index in [1.807, 2.05) is 23.0 Å². The van der Waals surface area contributed by atoms with E-state index >= 15 is 0 Å². The fourth-order valence-corrected chi connectivity index (χ4v) is 3.97. The third-order valence-corrected chi connectivity index (χ3v) is 6.05. The predicted molar refractivity (Wildman–Crippen MR) is 137 cm³/mol. The third-order valence-electron chi connectivity index (χ3n) is 6.05.